The van der Waals surface area contributed by atoms with Crippen molar-refractivity contribution in [2.24, 2.45) is 0 Å². The minimum absolute atomic E-state index is 0.0649. The first-order valence-electron chi connectivity index (χ1n) is 6.09. The van der Waals surface area contributed by atoms with Crippen molar-refractivity contribution in [1.82, 2.24) is 4.98 Å². The maximum Gasteiger partial charge on any atom is 0.197 e. The zero-order chi connectivity index (χ0) is 13.9. The van der Waals surface area contributed by atoms with Gasteiger partial charge < -0.3 is 0 Å². The predicted molar refractivity (Wildman–Crippen MR) is 80.6 cm³/mol. The fraction of sp³-hybridized carbons (Fsp3) is 0. The van der Waals surface area contributed by atoms with Crippen molar-refractivity contribution in [3.8, 4) is 11.1 Å². The average Bonchev–Trinajstić information content (AvgIpc) is 2.74. The van der Waals surface area contributed by atoms with E-state index in [-0.39, 0.29) is 10.9 Å². The molecule has 1 heterocycles. The fourth-order valence-electron chi connectivity index (χ4n) is 2.73. The summed E-state index contributed by atoms with van der Waals surface area (Å²) in [6.45, 7) is 0. The van der Waals surface area contributed by atoms with E-state index in [2.05, 4.69) is 4.98 Å². The maximum atomic E-state index is 12.5. The molecule has 0 spiro atoms. The minimum Gasteiger partial charge on any atom is -0.288 e. The molecule has 0 unspecified atom stereocenters. The average molecular weight is 300 g/mol. The molecule has 1 aliphatic carbocycles. The molecular weight excluding hydrogens is 293 g/mol. The molecule has 3 aromatic rings. The number of hydrogen-bond acceptors (Lipinski definition) is 2. The van der Waals surface area contributed by atoms with Gasteiger partial charge in [-0.15, -0.1) is 0 Å². The van der Waals surface area contributed by atoms with Crippen molar-refractivity contribution < 1.29 is 4.79 Å². The largest absolute Gasteiger partial charge is 0.288 e. The molecule has 0 aliphatic heterocycles. The number of rotatable bonds is 0. The minimum atomic E-state index is -0.0649. The number of halogens is 2. The van der Waals surface area contributed by atoms with Gasteiger partial charge >= 0.3 is 0 Å². The van der Waals surface area contributed by atoms with Gasteiger partial charge in [-0.1, -0.05) is 53.5 Å². The van der Waals surface area contributed by atoms with Crippen molar-refractivity contribution in [2.75, 3.05) is 0 Å². The molecule has 0 atom stereocenters. The van der Waals surface area contributed by atoms with Crippen molar-refractivity contribution in [1.29, 1.82) is 0 Å². The molecule has 0 N–H and O–H groups in total. The van der Waals surface area contributed by atoms with Gasteiger partial charge in [-0.2, -0.15) is 0 Å². The summed E-state index contributed by atoms with van der Waals surface area (Å²) in [5.41, 5.74) is 3.63. The van der Waals surface area contributed by atoms with Crippen LogP contribution in [-0.2, 0) is 0 Å². The molecule has 1 aliphatic rings. The summed E-state index contributed by atoms with van der Waals surface area (Å²) in [4.78, 5) is 16.8. The van der Waals surface area contributed by atoms with Crippen LogP contribution in [0.2, 0.25) is 10.2 Å². The van der Waals surface area contributed by atoms with Gasteiger partial charge in [-0.25, -0.2) is 4.98 Å². The lowest BCUT2D eigenvalue weighted by atomic mass is 10.0. The molecule has 0 fully saturated rings. The van der Waals surface area contributed by atoms with Crippen LogP contribution in [0.3, 0.4) is 0 Å². The van der Waals surface area contributed by atoms with Crippen LogP contribution in [-0.4, -0.2) is 10.8 Å². The molecule has 4 rings (SSSR count). The first-order valence-corrected chi connectivity index (χ1v) is 6.85. The number of nitrogens with zero attached hydrogens (tertiary/aromatic N) is 1. The molecule has 0 saturated heterocycles. The van der Waals surface area contributed by atoms with Crippen LogP contribution < -0.4 is 0 Å². The third-order valence-electron chi connectivity index (χ3n) is 3.57. The lowest BCUT2D eigenvalue weighted by Gasteiger charge is -2.07. The molecular formula is C16H7Cl2NO. The summed E-state index contributed by atoms with van der Waals surface area (Å²) >= 11 is 12.2. The molecule has 96 valence electrons. The summed E-state index contributed by atoms with van der Waals surface area (Å²) in [7, 11) is 0. The fourth-order valence-corrected chi connectivity index (χ4v) is 3.17. The van der Waals surface area contributed by atoms with E-state index in [4.69, 9.17) is 23.2 Å². The van der Waals surface area contributed by atoms with Crippen molar-refractivity contribution in [2.45, 2.75) is 0 Å². The molecule has 2 nitrogen and oxygen atoms in total. The Hall–Kier alpha value is -1.90. The molecule has 2 aromatic carbocycles. The van der Waals surface area contributed by atoms with E-state index in [0.717, 1.165) is 16.5 Å². The number of pyridine rings is 1. The Morgan fingerprint density at radius 1 is 0.900 bits per heavy atom. The van der Waals surface area contributed by atoms with Crippen molar-refractivity contribution >= 4 is 39.9 Å². The Bertz CT molecular complexity index is 902. The predicted octanol–water partition coefficient (Wildman–Crippen LogP) is 4.75. The second kappa shape index (κ2) is 4.05. The van der Waals surface area contributed by atoms with Gasteiger partial charge in [0, 0.05) is 21.5 Å². The molecule has 0 saturated carbocycles. The quantitative estimate of drug-likeness (QED) is 0.438. The Morgan fingerprint density at radius 3 is 2.45 bits per heavy atom. The maximum absolute atomic E-state index is 12.5. The molecule has 0 amide bonds. The number of carbonyl (C=O) groups is 1. The van der Waals surface area contributed by atoms with Gasteiger partial charge in [0.1, 0.15) is 5.15 Å². The molecule has 0 radical (unpaired) electrons. The zero-order valence-corrected chi connectivity index (χ0v) is 11.7. The lowest BCUT2D eigenvalue weighted by molar-refractivity contribution is 0.104. The van der Waals surface area contributed by atoms with Crippen LogP contribution in [0, 0.1) is 0 Å². The molecule has 0 bridgehead atoms. The SMILES string of the molecule is O=C1c2ccccc2-c2c1c(Cl)nc1cc(Cl)ccc21. The number of benzene rings is 2. The Morgan fingerprint density at radius 2 is 1.65 bits per heavy atom. The number of hydrogen-bond donors (Lipinski definition) is 0. The van der Waals surface area contributed by atoms with E-state index in [1.807, 2.05) is 30.3 Å². The molecule has 20 heavy (non-hydrogen) atoms. The van der Waals surface area contributed by atoms with Gasteiger partial charge in [0.05, 0.1) is 11.1 Å². The van der Waals surface area contributed by atoms with Crippen LogP contribution >= 0.6 is 23.2 Å². The Balaban J connectivity index is 2.23. The van der Waals surface area contributed by atoms with Gasteiger partial charge in [-0.05, 0) is 17.7 Å². The van der Waals surface area contributed by atoms with Crippen LogP contribution in [0.5, 0.6) is 0 Å². The van der Waals surface area contributed by atoms with Crippen LogP contribution in [0.15, 0.2) is 42.5 Å². The summed E-state index contributed by atoms with van der Waals surface area (Å²) in [6, 6.07) is 13.0. The van der Waals surface area contributed by atoms with E-state index < -0.39 is 0 Å². The number of ketones is 1. The first kappa shape index (κ1) is 11.9. The van der Waals surface area contributed by atoms with Crippen LogP contribution in [0.4, 0.5) is 0 Å². The Labute approximate surface area is 125 Å². The van der Waals surface area contributed by atoms with Crippen molar-refractivity contribution in [3.63, 3.8) is 0 Å². The van der Waals surface area contributed by atoms with E-state index in [9.17, 15) is 4.79 Å². The van der Waals surface area contributed by atoms with E-state index in [0.29, 0.717) is 21.7 Å². The standard InChI is InChI=1S/C16H7Cl2NO/c17-8-5-6-11-12(7-8)19-16(18)14-13(11)9-3-1-2-4-10(9)15(14)20/h1-7H. The third kappa shape index (κ3) is 1.46. The van der Waals surface area contributed by atoms with Gasteiger partial charge in [0.2, 0.25) is 0 Å². The van der Waals surface area contributed by atoms with E-state index in [1.54, 1.807) is 12.1 Å². The smallest absolute Gasteiger partial charge is 0.197 e. The first-order chi connectivity index (χ1) is 9.66. The molecule has 4 heteroatoms. The topological polar surface area (TPSA) is 30.0 Å². The highest BCUT2D eigenvalue weighted by molar-refractivity contribution is 6.39. The van der Waals surface area contributed by atoms with Crippen molar-refractivity contribution in [3.05, 3.63) is 63.8 Å². The Kier molecular flexibility index (Phi) is 2.40. The second-order valence-corrected chi connectivity index (χ2v) is 5.48. The van der Waals surface area contributed by atoms with E-state index in [1.165, 1.54) is 0 Å². The highest BCUT2D eigenvalue weighted by Crippen LogP contribution is 2.43. The third-order valence-corrected chi connectivity index (χ3v) is 4.08. The summed E-state index contributed by atoms with van der Waals surface area (Å²) in [5, 5.41) is 1.72. The lowest BCUT2D eigenvalue weighted by Crippen LogP contribution is -1.98. The number of aromatic nitrogens is 1. The van der Waals surface area contributed by atoms with E-state index >= 15 is 0 Å². The van der Waals surface area contributed by atoms with Crippen LogP contribution in [0.25, 0.3) is 22.0 Å². The number of fused-ring (bicyclic) bond motifs is 5. The van der Waals surface area contributed by atoms with Crippen LogP contribution in [0.1, 0.15) is 15.9 Å². The summed E-state index contributed by atoms with van der Waals surface area (Å²) in [5.74, 6) is -0.0649. The number of carbonyl (C=O) groups excluding carboxylic acids is 1. The zero-order valence-electron chi connectivity index (χ0n) is 10.2. The normalized spacial score (nSPS) is 12.6. The van der Waals surface area contributed by atoms with Gasteiger partial charge in [-0.3, -0.25) is 4.79 Å². The summed E-state index contributed by atoms with van der Waals surface area (Å²) < 4.78 is 0. The second-order valence-electron chi connectivity index (χ2n) is 4.69. The monoisotopic (exact) mass is 299 g/mol. The highest BCUT2D eigenvalue weighted by atomic mass is 35.5. The van der Waals surface area contributed by atoms with Gasteiger partial charge in [0.15, 0.2) is 5.78 Å². The highest BCUT2D eigenvalue weighted by Gasteiger charge is 2.31. The van der Waals surface area contributed by atoms with Gasteiger partial charge in [0.25, 0.3) is 0 Å². The summed E-state index contributed by atoms with van der Waals surface area (Å²) in [6.07, 6.45) is 0. The molecule has 1 aromatic heterocycles.